The summed E-state index contributed by atoms with van der Waals surface area (Å²) < 4.78 is 14.7. The standard InChI is InChI=1S/C29H29FN4O2S/c1-19-13-21(3)25(14-20(19)2)26-15-27(34(33-26)24-7-5-4-6-8-24)32-29(36)18-37-17-28(35)31-16-22-9-11-23(30)12-10-22/h4-15H,16-18H2,1-3H3,(H,31,35)(H,32,36). The lowest BCUT2D eigenvalue weighted by atomic mass is 9.99. The molecule has 0 radical (unpaired) electrons. The molecule has 0 aliphatic carbocycles. The van der Waals surface area contributed by atoms with Crippen molar-refractivity contribution >= 4 is 29.4 Å². The molecule has 37 heavy (non-hydrogen) atoms. The lowest BCUT2D eigenvalue weighted by molar-refractivity contribution is -0.118. The highest BCUT2D eigenvalue weighted by atomic mass is 32.2. The molecular formula is C29H29FN4O2S. The van der Waals surface area contributed by atoms with Gasteiger partial charge in [0.2, 0.25) is 11.8 Å². The van der Waals surface area contributed by atoms with Crippen LogP contribution in [0.1, 0.15) is 22.3 Å². The molecule has 1 heterocycles. The van der Waals surface area contributed by atoms with Crippen LogP contribution in [0.4, 0.5) is 10.2 Å². The van der Waals surface area contributed by atoms with E-state index in [4.69, 9.17) is 5.10 Å². The van der Waals surface area contributed by atoms with E-state index < -0.39 is 0 Å². The lowest BCUT2D eigenvalue weighted by Crippen LogP contribution is -2.25. The first-order valence-corrected chi connectivity index (χ1v) is 13.1. The summed E-state index contributed by atoms with van der Waals surface area (Å²) in [6.07, 6.45) is 0. The normalized spacial score (nSPS) is 10.8. The van der Waals surface area contributed by atoms with Crippen LogP contribution in [0.2, 0.25) is 0 Å². The molecule has 190 valence electrons. The van der Waals surface area contributed by atoms with Crippen molar-refractivity contribution in [1.82, 2.24) is 15.1 Å². The zero-order valence-electron chi connectivity index (χ0n) is 21.0. The van der Waals surface area contributed by atoms with E-state index in [-0.39, 0.29) is 29.1 Å². The van der Waals surface area contributed by atoms with Crippen LogP contribution in [0.3, 0.4) is 0 Å². The molecule has 4 rings (SSSR count). The van der Waals surface area contributed by atoms with Gasteiger partial charge in [-0.15, -0.1) is 11.8 Å². The monoisotopic (exact) mass is 516 g/mol. The summed E-state index contributed by atoms with van der Waals surface area (Å²) >= 11 is 1.22. The van der Waals surface area contributed by atoms with Crippen molar-refractivity contribution in [3.05, 3.63) is 101 Å². The van der Waals surface area contributed by atoms with Crippen LogP contribution in [-0.2, 0) is 16.1 Å². The minimum atomic E-state index is -0.318. The number of benzene rings is 3. The van der Waals surface area contributed by atoms with E-state index in [1.54, 1.807) is 16.8 Å². The second-order valence-electron chi connectivity index (χ2n) is 8.86. The van der Waals surface area contributed by atoms with Crippen molar-refractivity contribution in [3.8, 4) is 16.9 Å². The first kappa shape index (κ1) is 26.2. The molecule has 8 heteroatoms. The van der Waals surface area contributed by atoms with E-state index in [0.29, 0.717) is 12.4 Å². The van der Waals surface area contributed by atoms with Crippen LogP contribution in [-0.4, -0.2) is 33.1 Å². The predicted octanol–water partition coefficient (Wildman–Crippen LogP) is 5.59. The first-order valence-electron chi connectivity index (χ1n) is 11.9. The Labute approximate surface area is 220 Å². The van der Waals surface area contributed by atoms with Gasteiger partial charge in [-0.25, -0.2) is 9.07 Å². The van der Waals surface area contributed by atoms with E-state index in [1.165, 1.54) is 35.0 Å². The van der Waals surface area contributed by atoms with Gasteiger partial charge in [-0.1, -0.05) is 36.4 Å². The Kier molecular flexibility index (Phi) is 8.40. The second kappa shape index (κ2) is 11.9. The number of halogens is 1. The maximum Gasteiger partial charge on any atom is 0.235 e. The molecule has 0 saturated heterocycles. The number of carbonyl (C=O) groups is 2. The van der Waals surface area contributed by atoms with Gasteiger partial charge in [0.15, 0.2) is 0 Å². The molecule has 0 spiro atoms. The summed E-state index contributed by atoms with van der Waals surface area (Å²) in [5.74, 6) is 0.0779. The minimum absolute atomic E-state index is 0.113. The molecule has 4 aromatic rings. The molecule has 0 fully saturated rings. The number of hydrogen-bond acceptors (Lipinski definition) is 4. The number of nitrogens with zero attached hydrogens (tertiary/aromatic N) is 2. The fourth-order valence-electron chi connectivity index (χ4n) is 3.87. The van der Waals surface area contributed by atoms with Gasteiger partial charge in [0.1, 0.15) is 11.6 Å². The molecule has 2 N–H and O–H groups in total. The Balaban J connectivity index is 1.41. The van der Waals surface area contributed by atoms with Crippen molar-refractivity contribution in [2.24, 2.45) is 0 Å². The van der Waals surface area contributed by atoms with E-state index in [2.05, 4.69) is 43.5 Å². The minimum Gasteiger partial charge on any atom is -0.351 e. The summed E-state index contributed by atoms with van der Waals surface area (Å²) in [7, 11) is 0. The highest BCUT2D eigenvalue weighted by Crippen LogP contribution is 2.29. The Morgan fingerprint density at radius 2 is 1.54 bits per heavy atom. The molecule has 0 aliphatic heterocycles. The number of para-hydroxylation sites is 1. The largest absolute Gasteiger partial charge is 0.351 e. The van der Waals surface area contributed by atoms with Gasteiger partial charge in [-0.3, -0.25) is 9.59 Å². The maximum atomic E-state index is 13.0. The van der Waals surface area contributed by atoms with E-state index in [0.717, 1.165) is 28.1 Å². The van der Waals surface area contributed by atoms with E-state index >= 15 is 0 Å². The van der Waals surface area contributed by atoms with Crippen LogP contribution >= 0.6 is 11.8 Å². The van der Waals surface area contributed by atoms with Crippen LogP contribution in [0.25, 0.3) is 16.9 Å². The zero-order valence-corrected chi connectivity index (χ0v) is 21.9. The van der Waals surface area contributed by atoms with E-state index in [9.17, 15) is 14.0 Å². The van der Waals surface area contributed by atoms with Gasteiger partial charge in [-0.2, -0.15) is 5.10 Å². The molecule has 0 saturated carbocycles. The fraction of sp³-hybridized carbons (Fsp3) is 0.207. The van der Waals surface area contributed by atoms with Gasteiger partial charge >= 0.3 is 0 Å². The van der Waals surface area contributed by atoms with Crippen molar-refractivity contribution in [2.45, 2.75) is 27.3 Å². The van der Waals surface area contributed by atoms with Gasteiger partial charge in [0, 0.05) is 18.2 Å². The molecule has 0 atom stereocenters. The first-order chi connectivity index (χ1) is 17.8. The van der Waals surface area contributed by atoms with Crippen LogP contribution in [0, 0.1) is 26.6 Å². The number of aryl methyl sites for hydroxylation is 3. The average Bonchev–Trinajstić information content (AvgIpc) is 3.29. The lowest BCUT2D eigenvalue weighted by Gasteiger charge is -2.09. The molecular weight excluding hydrogens is 487 g/mol. The fourth-order valence-corrected chi connectivity index (χ4v) is 4.52. The molecule has 0 bridgehead atoms. The Morgan fingerprint density at radius 3 is 2.27 bits per heavy atom. The molecule has 1 aromatic heterocycles. The van der Waals surface area contributed by atoms with E-state index in [1.807, 2.05) is 36.4 Å². The average molecular weight is 517 g/mol. The van der Waals surface area contributed by atoms with Gasteiger partial charge in [-0.05, 0) is 73.4 Å². The summed E-state index contributed by atoms with van der Waals surface area (Å²) in [6.45, 7) is 6.52. The number of hydrogen-bond donors (Lipinski definition) is 2. The van der Waals surface area contributed by atoms with Crippen molar-refractivity contribution in [2.75, 3.05) is 16.8 Å². The molecule has 3 aromatic carbocycles. The second-order valence-corrected chi connectivity index (χ2v) is 9.84. The Hall–Kier alpha value is -3.91. The number of rotatable bonds is 9. The number of anilines is 1. The molecule has 0 aliphatic rings. The molecule has 6 nitrogen and oxygen atoms in total. The van der Waals surface area contributed by atoms with Crippen molar-refractivity contribution in [3.63, 3.8) is 0 Å². The highest BCUT2D eigenvalue weighted by molar-refractivity contribution is 8.00. The van der Waals surface area contributed by atoms with Crippen molar-refractivity contribution in [1.29, 1.82) is 0 Å². The summed E-state index contributed by atoms with van der Waals surface area (Å²) in [5.41, 5.74) is 6.93. The highest BCUT2D eigenvalue weighted by Gasteiger charge is 2.16. The maximum absolute atomic E-state index is 13.0. The number of amides is 2. The zero-order chi connectivity index (χ0) is 26.4. The topological polar surface area (TPSA) is 76.0 Å². The van der Waals surface area contributed by atoms with Crippen LogP contribution in [0.15, 0.2) is 72.8 Å². The van der Waals surface area contributed by atoms with Gasteiger partial charge < -0.3 is 10.6 Å². The predicted molar refractivity (Wildman–Crippen MR) is 147 cm³/mol. The third-order valence-corrected chi connectivity index (χ3v) is 6.90. The third-order valence-electron chi connectivity index (χ3n) is 5.96. The number of thioether (sulfide) groups is 1. The third kappa shape index (κ3) is 6.86. The summed E-state index contributed by atoms with van der Waals surface area (Å²) in [4.78, 5) is 24.9. The summed E-state index contributed by atoms with van der Waals surface area (Å²) in [5, 5.41) is 10.5. The van der Waals surface area contributed by atoms with Gasteiger partial charge in [0.25, 0.3) is 0 Å². The number of carbonyl (C=O) groups excluding carboxylic acids is 2. The van der Waals surface area contributed by atoms with Gasteiger partial charge in [0.05, 0.1) is 22.9 Å². The Bertz CT molecular complexity index is 1400. The quantitative estimate of drug-likeness (QED) is 0.304. The molecule has 0 unspecified atom stereocenters. The Morgan fingerprint density at radius 1 is 0.865 bits per heavy atom. The van der Waals surface area contributed by atoms with Crippen LogP contribution < -0.4 is 10.6 Å². The van der Waals surface area contributed by atoms with Crippen molar-refractivity contribution < 1.29 is 14.0 Å². The van der Waals surface area contributed by atoms with Crippen LogP contribution in [0.5, 0.6) is 0 Å². The number of nitrogens with one attached hydrogen (secondary N) is 2. The SMILES string of the molecule is Cc1cc(C)c(-c2cc(NC(=O)CSCC(=O)NCc3ccc(F)cc3)n(-c3ccccc3)n2)cc1C. The molecule has 2 amide bonds. The number of aromatic nitrogens is 2. The smallest absolute Gasteiger partial charge is 0.235 e. The summed E-state index contributed by atoms with van der Waals surface area (Å²) in [6, 6.07) is 21.7.